The van der Waals surface area contributed by atoms with Gasteiger partial charge in [0.25, 0.3) is 0 Å². The zero-order valence-corrected chi connectivity index (χ0v) is 11.0. The van der Waals surface area contributed by atoms with E-state index in [0.717, 1.165) is 37.5 Å². The second kappa shape index (κ2) is 7.56. The Morgan fingerprint density at radius 2 is 1.94 bits per heavy atom. The predicted molar refractivity (Wildman–Crippen MR) is 70.4 cm³/mol. The monoisotopic (exact) mass is 240 g/mol. The molecule has 0 aliphatic heterocycles. The number of hydrogen-bond acceptors (Lipinski definition) is 1. The average molecular weight is 241 g/mol. The van der Waals surface area contributed by atoms with E-state index in [2.05, 4.69) is 32.0 Å². The zero-order valence-electron chi connectivity index (χ0n) is 10.2. The van der Waals surface area contributed by atoms with Crippen LogP contribution in [0, 0.1) is 5.92 Å². The molecule has 1 rings (SSSR count). The molecule has 0 aromatic heterocycles. The van der Waals surface area contributed by atoms with E-state index in [-0.39, 0.29) is 0 Å². The molecule has 1 nitrogen and oxygen atoms in total. The number of unbranched alkanes of at least 4 members (excludes halogenated alkanes) is 1. The summed E-state index contributed by atoms with van der Waals surface area (Å²) >= 11 is 5.68. The van der Waals surface area contributed by atoms with Crippen molar-refractivity contribution in [3.63, 3.8) is 0 Å². The van der Waals surface area contributed by atoms with Crippen LogP contribution in [0.2, 0.25) is 0 Å². The molecule has 16 heavy (non-hydrogen) atoms. The van der Waals surface area contributed by atoms with Crippen molar-refractivity contribution in [2.75, 3.05) is 12.5 Å². The molecule has 0 N–H and O–H groups in total. The molecule has 0 spiro atoms. The maximum Gasteiger partial charge on any atom is 0.122 e. The first-order chi connectivity index (χ1) is 7.74. The van der Waals surface area contributed by atoms with Crippen molar-refractivity contribution in [3.8, 4) is 5.75 Å². The lowest BCUT2D eigenvalue weighted by Gasteiger charge is -2.12. The fourth-order valence-corrected chi connectivity index (χ4v) is 1.71. The van der Waals surface area contributed by atoms with Gasteiger partial charge >= 0.3 is 0 Å². The van der Waals surface area contributed by atoms with Crippen LogP contribution in [0.25, 0.3) is 0 Å². The average Bonchev–Trinajstić information content (AvgIpc) is 2.28. The Labute approximate surface area is 104 Å². The Morgan fingerprint density at radius 3 is 2.62 bits per heavy atom. The molecule has 0 aliphatic rings. The summed E-state index contributed by atoms with van der Waals surface area (Å²) in [5, 5.41) is 0. The number of alkyl halides is 1. The van der Waals surface area contributed by atoms with Crippen LogP contribution in [0.15, 0.2) is 24.3 Å². The van der Waals surface area contributed by atoms with Gasteiger partial charge in [-0.05, 0) is 36.8 Å². The van der Waals surface area contributed by atoms with Crippen molar-refractivity contribution in [1.29, 1.82) is 0 Å². The van der Waals surface area contributed by atoms with Crippen LogP contribution >= 0.6 is 11.6 Å². The number of para-hydroxylation sites is 1. The summed E-state index contributed by atoms with van der Waals surface area (Å²) < 4.78 is 5.80. The number of rotatable bonds is 7. The van der Waals surface area contributed by atoms with Gasteiger partial charge in [0, 0.05) is 5.88 Å². The molecular weight excluding hydrogens is 220 g/mol. The highest BCUT2D eigenvalue weighted by Crippen LogP contribution is 2.20. The van der Waals surface area contributed by atoms with Crippen LogP contribution in [0.1, 0.15) is 32.3 Å². The Hall–Kier alpha value is -0.690. The Balaban J connectivity index is 2.53. The van der Waals surface area contributed by atoms with Crippen LogP contribution in [-0.4, -0.2) is 12.5 Å². The highest BCUT2D eigenvalue weighted by Gasteiger charge is 2.03. The third-order valence-electron chi connectivity index (χ3n) is 2.37. The molecule has 0 saturated carbocycles. The summed E-state index contributed by atoms with van der Waals surface area (Å²) in [6, 6.07) is 8.29. The first kappa shape index (κ1) is 13.4. The van der Waals surface area contributed by atoms with Crippen molar-refractivity contribution in [2.45, 2.75) is 33.1 Å². The lowest BCUT2D eigenvalue weighted by molar-refractivity contribution is 0.268. The third-order valence-corrected chi connectivity index (χ3v) is 2.64. The van der Waals surface area contributed by atoms with E-state index in [4.69, 9.17) is 16.3 Å². The van der Waals surface area contributed by atoms with Gasteiger partial charge < -0.3 is 4.74 Å². The molecule has 1 aromatic carbocycles. The lowest BCUT2D eigenvalue weighted by Crippen LogP contribution is -2.06. The van der Waals surface area contributed by atoms with Crippen LogP contribution in [0.4, 0.5) is 0 Å². The van der Waals surface area contributed by atoms with Gasteiger partial charge in [-0.2, -0.15) is 0 Å². The van der Waals surface area contributed by atoms with E-state index < -0.39 is 0 Å². The van der Waals surface area contributed by atoms with Crippen molar-refractivity contribution in [3.05, 3.63) is 29.8 Å². The molecule has 0 atom stereocenters. The topological polar surface area (TPSA) is 9.23 Å². The maximum absolute atomic E-state index is 5.80. The maximum atomic E-state index is 5.80. The van der Waals surface area contributed by atoms with E-state index in [0.29, 0.717) is 5.92 Å². The van der Waals surface area contributed by atoms with Gasteiger partial charge in [-0.3, -0.25) is 0 Å². The molecule has 0 radical (unpaired) electrons. The number of hydrogen-bond donors (Lipinski definition) is 0. The van der Waals surface area contributed by atoms with Gasteiger partial charge in [0.15, 0.2) is 0 Å². The van der Waals surface area contributed by atoms with E-state index >= 15 is 0 Å². The summed E-state index contributed by atoms with van der Waals surface area (Å²) in [4.78, 5) is 0. The second-order valence-electron chi connectivity index (χ2n) is 4.46. The molecule has 1 aromatic rings. The van der Waals surface area contributed by atoms with Crippen LogP contribution in [0.5, 0.6) is 5.75 Å². The number of halogens is 1. The summed E-state index contributed by atoms with van der Waals surface area (Å²) in [5.74, 6) is 2.34. The van der Waals surface area contributed by atoms with Crippen LogP contribution in [-0.2, 0) is 6.42 Å². The molecule has 0 saturated heterocycles. The fourth-order valence-electron chi connectivity index (χ4n) is 1.52. The lowest BCUT2D eigenvalue weighted by atomic mass is 10.1. The SMILES string of the molecule is CC(C)COc1ccccc1CCCCCl. The van der Waals surface area contributed by atoms with Gasteiger partial charge in [0.05, 0.1) is 6.61 Å². The zero-order chi connectivity index (χ0) is 11.8. The van der Waals surface area contributed by atoms with Crippen LogP contribution in [0.3, 0.4) is 0 Å². The molecule has 0 heterocycles. The van der Waals surface area contributed by atoms with E-state index in [9.17, 15) is 0 Å². The minimum Gasteiger partial charge on any atom is -0.493 e. The number of ether oxygens (including phenoxy) is 1. The summed E-state index contributed by atoms with van der Waals surface area (Å²) in [7, 11) is 0. The number of aryl methyl sites for hydroxylation is 1. The van der Waals surface area contributed by atoms with E-state index in [1.165, 1.54) is 5.56 Å². The first-order valence-electron chi connectivity index (χ1n) is 6.00. The molecule has 0 aliphatic carbocycles. The van der Waals surface area contributed by atoms with E-state index in [1.54, 1.807) is 0 Å². The molecule has 90 valence electrons. The van der Waals surface area contributed by atoms with E-state index in [1.807, 2.05) is 6.07 Å². The molecular formula is C14H21ClO. The number of benzene rings is 1. The minimum absolute atomic E-state index is 0.566. The van der Waals surface area contributed by atoms with Crippen LogP contribution < -0.4 is 4.74 Å². The summed E-state index contributed by atoms with van der Waals surface area (Å²) in [6.45, 7) is 5.11. The predicted octanol–water partition coefficient (Wildman–Crippen LogP) is 4.28. The smallest absolute Gasteiger partial charge is 0.122 e. The summed E-state index contributed by atoms with van der Waals surface area (Å²) in [6.07, 6.45) is 3.26. The highest BCUT2D eigenvalue weighted by molar-refractivity contribution is 6.17. The highest BCUT2D eigenvalue weighted by atomic mass is 35.5. The minimum atomic E-state index is 0.566. The van der Waals surface area contributed by atoms with Crippen molar-refractivity contribution < 1.29 is 4.74 Å². The van der Waals surface area contributed by atoms with Gasteiger partial charge in [0.1, 0.15) is 5.75 Å². The molecule has 0 amide bonds. The van der Waals surface area contributed by atoms with Gasteiger partial charge in [-0.15, -0.1) is 11.6 Å². The van der Waals surface area contributed by atoms with Crippen molar-refractivity contribution >= 4 is 11.6 Å². The first-order valence-corrected chi connectivity index (χ1v) is 6.54. The van der Waals surface area contributed by atoms with Gasteiger partial charge in [-0.1, -0.05) is 32.0 Å². The Bertz CT molecular complexity index is 297. The van der Waals surface area contributed by atoms with Gasteiger partial charge in [0.2, 0.25) is 0 Å². The Kier molecular flexibility index (Phi) is 6.32. The normalized spacial score (nSPS) is 10.8. The third kappa shape index (κ3) is 4.89. The molecule has 0 fully saturated rings. The van der Waals surface area contributed by atoms with Crippen molar-refractivity contribution in [2.24, 2.45) is 5.92 Å². The molecule has 0 unspecified atom stereocenters. The quantitative estimate of drug-likeness (QED) is 0.511. The second-order valence-corrected chi connectivity index (χ2v) is 4.84. The standard InChI is InChI=1S/C14H21ClO/c1-12(2)11-16-14-9-4-3-7-13(14)8-5-6-10-15/h3-4,7,9,12H,5-6,8,10-11H2,1-2H3. The summed E-state index contributed by atoms with van der Waals surface area (Å²) in [5.41, 5.74) is 1.30. The largest absolute Gasteiger partial charge is 0.493 e. The Morgan fingerprint density at radius 1 is 1.19 bits per heavy atom. The van der Waals surface area contributed by atoms with Gasteiger partial charge in [-0.25, -0.2) is 0 Å². The van der Waals surface area contributed by atoms with Crippen molar-refractivity contribution in [1.82, 2.24) is 0 Å². The fraction of sp³-hybridized carbons (Fsp3) is 0.571. The molecule has 2 heteroatoms. The molecule has 0 bridgehead atoms.